The predicted octanol–water partition coefficient (Wildman–Crippen LogP) is 2.09. The molecule has 0 bridgehead atoms. The van der Waals surface area contributed by atoms with Gasteiger partial charge in [0.05, 0.1) is 0 Å². The van der Waals surface area contributed by atoms with E-state index in [1.54, 1.807) is 6.92 Å². The van der Waals surface area contributed by atoms with Gasteiger partial charge in [0, 0.05) is 5.56 Å². The van der Waals surface area contributed by atoms with Crippen LogP contribution < -0.4 is 0 Å². The number of aromatic nitrogens is 2. The zero-order chi connectivity index (χ0) is 7.72. The number of rotatable bonds is 0. The van der Waals surface area contributed by atoms with Crippen molar-refractivity contribution in [2.45, 2.75) is 6.92 Å². The van der Waals surface area contributed by atoms with Crippen LogP contribution in [0.1, 0.15) is 6.93 Å². The second kappa shape index (κ2) is 2.50. The molecule has 0 radical (unpaired) electrons. The summed E-state index contributed by atoms with van der Waals surface area (Å²) < 4.78 is 6.98. The van der Waals surface area contributed by atoms with Crippen molar-refractivity contribution in [3.8, 4) is 0 Å². The minimum atomic E-state index is -0.152. The maximum Gasteiger partial charge on any atom is 0.136 e. The second-order valence-electron chi connectivity index (χ2n) is 1.53. The van der Waals surface area contributed by atoms with Gasteiger partial charge in [0.1, 0.15) is 18.0 Å². The van der Waals surface area contributed by atoms with Gasteiger partial charge in [-0.25, -0.2) is 9.97 Å². The minimum absolute atomic E-state index is 0.152. The van der Waals surface area contributed by atoms with E-state index in [9.17, 15) is 0 Å². The number of hydrogen-bond donors (Lipinski definition) is 0. The van der Waals surface area contributed by atoms with Crippen LogP contribution in [0, 0.1) is 6.92 Å². The van der Waals surface area contributed by atoms with Gasteiger partial charge in [-0.05, 0) is 6.92 Å². The Morgan fingerprint density at radius 1 is 1.44 bits per heavy atom. The molecule has 4 heteroatoms. The van der Waals surface area contributed by atoms with Crippen LogP contribution in [0.5, 0.6) is 0 Å². The summed E-state index contributed by atoms with van der Waals surface area (Å²) in [6.45, 7) is 1.70. The van der Waals surface area contributed by atoms with E-state index in [1.165, 1.54) is 0 Å². The molecule has 0 amide bonds. The van der Waals surface area contributed by atoms with Crippen molar-refractivity contribution in [2.75, 3.05) is 0 Å². The Labute approximate surface area is 64.2 Å². The molecule has 0 aliphatic heterocycles. The predicted molar refractivity (Wildman–Crippen MR) is 36.8 cm³/mol. The van der Waals surface area contributed by atoms with E-state index in [4.69, 9.17) is 24.6 Å². The molecule has 0 atom stereocenters. The summed E-state index contributed by atoms with van der Waals surface area (Å²) in [5.41, 5.74) is 0.610. The minimum Gasteiger partial charge on any atom is -0.224 e. The van der Waals surface area contributed by atoms with Crippen molar-refractivity contribution in [1.29, 1.82) is 0 Å². The molecule has 1 aromatic heterocycles. The fourth-order valence-electron chi connectivity index (χ4n) is 0.366. The zero-order valence-electron chi connectivity index (χ0n) is 5.65. The number of nitrogens with zero attached hydrogens (tertiary/aromatic N) is 2. The SMILES string of the molecule is [2H]c1nc(Cl)c(C)c(Cl)n1. The monoisotopic (exact) mass is 163 g/mol. The van der Waals surface area contributed by atoms with Gasteiger partial charge in [-0.3, -0.25) is 0 Å². The van der Waals surface area contributed by atoms with E-state index in [-0.39, 0.29) is 16.6 Å². The highest BCUT2D eigenvalue weighted by molar-refractivity contribution is 6.34. The van der Waals surface area contributed by atoms with Gasteiger partial charge < -0.3 is 0 Å². The first-order valence-corrected chi connectivity index (χ1v) is 3.03. The summed E-state index contributed by atoms with van der Waals surface area (Å²) in [7, 11) is 0. The lowest BCUT2D eigenvalue weighted by Gasteiger charge is -1.94. The molecule has 1 aromatic rings. The average molecular weight is 164 g/mol. The summed E-state index contributed by atoms with van der Waals surface area (Å²) >= 11 is 11.1. The normalized spacial score (nSPS) is 11.2. The van der Waals surface area contributed by atoms with Gasteiger partial charge in [0.15, 0.2) is 0 Å². The molecule has 0 fully saturated rings. The first kappa shape index (κ1) is 5.45. The summed E-state index contributed by atoms with van der Waals surface area (Å²) in [6.07, 6.45) is -0.152. The molecule has 9 heavy (non-hydrogen) atoms. The molecule has 0 spiro atoms. The quantitative estimate of drug-likeness (QED) is 0.548. The fraction of sp³-hybridized carbons (Fsp3) is 0.200. The van der Waals surface area contributed by atoms with Crippen LogP contribution in [0.3, 0.4) is 0 Å². The summed E-state index contributed by atoms with van der Waals surface area (Å²) in [5.74, 6) is 0. The second-order valence-corrected chi connectivity index (χ2v) is 2.25. The van der Waals surface area contributed by atoms with Crippen LogP contribution in [0.15, 0.2) is 6.30 Å². The van der Waals surface area contributed by atoms with Crippen LogP contribution in [-0.4, -0.2) is 9.97 Å². The maximum atomic E-state index is 6.98. The molecule has 48 valence electrons. The Morgan fingerprint density at radius 2 is 1.89 bits per heavy atom. The van der Waals surface area contributed by atoms with E-state index >= 15 is 0 Å². The lowest BCUT2D eigenvalue weighted by atomic mass is 10.4. The van der Waals surface area contributed by atoms with E-state index < -0.39 is 0 Å². The molecule has 0 saturated carbocycles. The van der Waals surface area contributed by atoms with Crippen molar-refractivity contribution in [1.82, 2.24) is 9.97 Å². The topological polar surface area (TPSA) is 25.8 Å². The highest BCUT2D eigenvalue weighted by atomic mass is 35.5. The standard InChI is InChI=1S/C5H4Cl2N2/c1-3-4(6)8-2-9-5(3)7/h2H,1H3/i2D. The Kier molecular flexibility index (Phi) is 1.51. The molecule has 2 nitrogen and oxygen atoms in total. The first-order valence-electron chi connectivity index (χ1n) is 2.77. The van der Waals surface area contributed by atoms with Crippen molar-refractivity contribution < 1.29 is 1.37 Å². The van der Waals surface area contributed by atoms with Crippen LogP contribution in [0.25, 0.3) is 0 Å². The molecule has 0 aromatic carbocycles. The molecule has 0 aliphatic carbocycles. The summed E-state index contributed by atoms with van der Waals surface area (Å²) in [6, 6.07) is 0. The molecule has 1 heterocycles. The molecule has 0 N–H and O–H groups in total. The highest BCUT2D eigenvalue weighted by Crippen LogP contribution is 2.16. The number of hydrogen-bond acceptors (Lipinski definition) is 2. The lowest BCUT2D eigenvalue weighted by molar-refractivity contribution is 1.13. The molecular weight excluding hydrogens is 159 g/mol. The fourth-order valence-corrected chi connectivity index (χ4v) is 0.669. The maximum absolute atomic E-state index is 6.98. The molecule has 1 rings (SSSR count). The van der Waals surface area contributed by atoms with Crippen molar-refractivity contribution in [3.63, 3.8) is 0 Å². The molecular formula is C5H4Cl2N2. The van der Waals surface area contributed by atoms with Crippen LogP contribution >= 0.6 is 23.2 Å². The third-order valence-electron chi connectivity index (χ3n) is 0.915. The van der Waals surface area contributed by atoms with Crippen LogP contribution in [-0.2, 0) is 0 Å². The van der Waals surface area contributed by atoms with Crippen molar-refractivity contribution >= 4 is 23.2 Å². The Hall–Kier alpha value is -0.340. The Balaban J connectivity index is 3.31. The van der Waals surface area contributed by atoms with Gasteiger partial charge in [0.2, 0.25) is 0 Å². The van der Waals surface area contributed by atoms with Gasteiger partial charge in [-0.2, -0.15) is 0 Å². The van der Waals surface area contributed by atoms with Crippen LogP contribution in [0.4, 0.5) is 0 Å². The smallest absolute Gasteiger partial charge is 0.136 e. The van der Waals surface area contributed by atoms with Gasteiger partial charge in [-0.15, -0.1) is 0 Å². The molecule has 0 aliphatic rings. The number of halogens is 2. The summed E-state index contributed by atoms with van der Waals surface area (Å²) in [5, 5.41) is 0.481. The highest BCUT2D eigenvalue weighted by Gasteiger charge is 1.99. The summed E-state index contributed by atoms with van der Waals surface area (Å²) in [4.78, 5) is 7.14. The Bertz CT molecular complexity index is 241. The van der Waals surface area contributed by atoms with Gasteiger partial charge in [-0.1, -0.05) is 23.2 Å². The zero-order valence-corrected chi connectivity index (χ0v) is 6.16. The lowest BCUT2D eigenvalue weighted by Crippen LogP contribution is -1.84. The largest absolute Gasteiger partial charge is 0.224 e. The van der Waals surface area contributed by atoms with E-state index in [2.05, 4.69) is 9.97 Å². The average Bonchev–Trinajstić information content (AvgIpc) is 1.82. The van der Waals surface area contributed by atoms with E-state index in [0.29, 0.717) is 5.56 Å². The third-order valence-corrected chi connectivity index (χ3v) is 1.65. The van der Waals surface area contributed by atoms with Crippen molar-refractivity contribution in [3.05, 3.63) is 22.2 Å². The third kappa shape index (κ3) is 1.32. The van der Waals surface area contributed by atoms with Gasteiger partial charge >= 0.3 is 0 Å². The van der Waals surface area contributed by atoms with Gasteiger partial charge in [0.25, 0.3) is 0 Å². The molecule has 0 saturated heterocycles. The molecule has 0 unspecified atom stereocenters. The first-order chi connectivity index (χ1) is 4.61. The van der Waals surface area contributed by atoms with Crippen LogP contribution in [0.2, 0.25) is 10.3 Å². The van der Waals surface area contributed by atoms with Crippen molar-refractivity contribution in [2.24, 2.45) is 0 Å². The Morgan fingerprint density at radius 3 is 2.33 bits per heavy atom. The van der Waals surface area contributed by atoms with E-state index in [1.807, 2.05) is 0 Å². The van der Waals surface area contributed by atoms with E-state index in [0.717, 1.165) is 0 Å².